The zero-order valence-corrected chi connectivity index (χ0v) is 11.8. The minimum absolute atomic E-state index is 0.731. The summed E-state index contributed by atoms with van der Waals surface area (Å²) in [6.07, 6.45) is 3.43. The lowest BCUT2D eigenvalue weighted by Gasteiger charge is -2.13. The molecule has 0 saturated heterocycles. The fraction of sp³-hybridized carbons (Fsp3) is 0.571. The summed E-state index contributed by atoms with van der Waals surface area (Å²) in [5.74, 6) is 0.731. The fourth-order valence-corrected chi connectivity index (χ4v) is 2.61. The molecule has 1 aromatic rings. The summed E-state index contributed by atoms with van der Waals surface area (Å²) in [6, 6.07) is 4.68. The van der Waals surface area contributed by atoms with Gasteiger partial charge in [-0.15, -0.1) is 0 Å². The van der Waals surface area contributed by atoms with Crippen LogP contribution in [0.4, 0.5) is 0 Å². The van der Waals surface area contributed by atoms with Crippen molar-refractivity contribution >= 4 is 15.9 Å². The van der Waals surface area contributed by atoms with Crippen LogP contribution in [0.25, 0.3) is 0 Å². The molecule has 0 aliphatic carbocycles. The Kier molecular flexibility index (Phi) is 4.85. The van der Waals surface area contributed by atoms with E-state index in [1.807, 2.05) is 0 Å². The van der Waals surface area contributed by atoms with Crippen molar-refractivity contribution in [3.05, 3.63) is 33.3 Å². The maximum absolute atomic E-state index is 3.66. The number of hydrogen-bond acceptors (Lipinski definition) is 0. The predicted molar refractivity (Wildman–Crippen MR) is 71.4 cm³/mol. The average Bonchev–Trinajstić information content (AvgIpc) is 2.17. The van der Waals surface area contributed by atoms with E-state index in [1.165, 1.54) is 27.6 Å². The molecule has 0 N–H and O–H groups in total. The molecule has 0 heterocycles. The highest BCUT2D eigenvalue weighted by molar-refractivity contribution is 9.10. The highest BCUT2D eigenvalue weighted by atomic mass is 79.9. The molecular formula is C14H21Br. The molecule has 1 rings (SSSR count). The molecule has 0 spiro atoms. The Hall–Kier alpha value is -0.300. The van der Waals surface area contributed by atoms with Gasteiger partial charge in [-0.2, -0.15) is 0 Å². The first-order valence-electron chi connectivity index (χ1n) is 5.88. The minimum atomic E-state index is 0.731. The van der Waals surface area contributed by atoms with E-state index in [0.717, 1.165) is 18.8 Å². The number of hydrogen-bond donors (Lipinski definition) is 0. The normalized spacial score (nSPS) is 11.1. The number of rotatable bonds is 4. The second-order valence-corrected chi connectivity index (χ2v) is 5.37. The first-order valence-corrected chi connectivity index (χ1v) is 6.67. The number of aryl methyl sites for hydroxylation is 2. The standard InChI is InChI=1S/C14H21Br/c1-5-11-8-12(6-2)14(15)9-13(11)7-10(3)4/h8-10H,5-7H2,1-4H3. The Labute approximate surface area is 102 Å². The third kappa shape index (κ3) is 3.34. The molecule has 84 valence electrons. The van der Waals surface area contributed by atoms with Crippen molar-refractivity contribution in [3.63, 3.8) is 0 Å². The van der Waals surface area contributed by atoms with Crippen molar-refractivity contribution < 1.29 is 0 Å². The smallest absolute Gasteiger partial charge is 0.0210 e. The summed E-state index contributed by atoms with van der Waals surface area (Å²) in [5.41, 5.74) is 4.46. The van der Waals surface area contributed by atoms with E-state index in [0.29, 0.717) is 0 Å². The van der Waals surface area contributed by atoms with Gasteiger partial charge in [-0.1, -0.05) is 49.7 Å². The SMILES string of the molecule is CCc1cc(CC)c(CC(C)C)cc1Br. The van der Waals surface area contributed by atoms with Gasteiger partial charge in [0.1, 0.15) is 0 Å². The van der Waals surface area contributed by atoms with Crippen molar-refractivity contribution in [3.8, 4) is 0 Å². The van der Waals surface area contributed by atoms with Gasteiger partial charge in [-0.3, -0.25) is 0 Å². The van der Waals surface area contributed by atoms with E-state index >= 15 is 0 Å². The van der Waals surface area contributed by atoms with Crippen LogP contribution in [0.2, 0.25) is 0 Å². The molecule has 1 aromatic carbocycles. The van der Waals surface area contributed by atoms with Crippen LogP contribution in [0, 0.1) is 5.92 Å². The van der Waals surface area contributed by atoms with Crippen LogP contribution in [0.5, 0.6) is 0 Å². The van der Waals surface area contributed by atoms with Crippen LogP contribution < -0.4 is 0 Å². The van der Waals surface area contributed by atoms with Crippen LogP contribution in [0.3, 0.4) is 0 Å². The molecule has 0 aliphatic rings. The number of benzene rings is 1. The van der Waals surface area contributed by atoms with Crippen LogP contribution >= 0.6 is 15.9 Å². The molecule has 0 radical (unpaired) electrons. The first-order chi connectivity index (χ1) is 7.08. The Bertz CT molecular complexity index is 326. The molecule has 1 heteroatoms. The summed E-state index contributed by atoms with van der Waals surface area (Å²) in [5, 5.41) is 0. The van der Waals surface area contributed by atoms with E-state index in [1.54, 1.807) is 0 Å². The third-order valence-electron chi connectivity index (χ3n) is 2.76. The lowest BCUT2D eigenvalue weighted by Crippen LogP contribution is -2.00. The molecule has 0 unspecified atom stereocenters. The molecule has 15 heavy (non-hydrogen) atoms. The van der Waals surface area contributed by atoms with Crippen LogP contribution in [-0.2, 0) is 19.3 Å². The highest BCUT2D eigenvalue weighted by Crippen LogP contribution is 2.25. The largest absolute Gasteiger partial charge is 0.0625 e. The topological polar surface area (TPSA) is 0 Å². The highest BCUT2D eigenvalue weighted by Gasteiger charge is 2.07. The van der Waals surface area contributed by atoms with Gasteiger partial charge in [0.15, 0.2) is 0 Å². The maximum atomic E-state index is 3.66. The third-order valence-corrected chi connectivity index (χ3v) is 3.50. The second-order valence-electron chi connectivity index (χ2n) is 4.52. The average molecular weight is 269 g/mol. The predicted octanol–water partition coefficient (Wildman–Crippen LogP) is 4.77. The summed E-state index contributed by atoms with van der Waals surface area (Å²) < 4.78 is 1.28. The lowest BCUT2D eigenvalue weighted by atomic mass is 9.94. The van der Waals surface area contributed by atoms with Gasteiger partial charge < -0.3 is 0 Å². The zero-order valence-electron chi connectivity index (χ0n) is 10.2. The van der Waals surface area contributed by atoms with Crippen molar-refractivity contribution in [1.29, 1.82) is 0 Å². The van der Waals surface area contributed by atoms with Crippen LogP contribution in [0.1, 0.15) is 44.4 Å². The number of halogens is 1. The quantitative estimate of drug-likeness (QED) is 0.738. The van der Waals surface area contributed by atoms with Gasteiger partial charge in [0, 0.05) is 4.47 Å². The van der Waals surface area contributed by atoms with E-state index in [4.69, 9.17) is 0 Å². The van der Waals surface area contributed by atoms with Gasteiger partial charge in [-0.25, -0.2) is 0 Å². The summed E-state index contributed by atoms with van der Waals surface area (Å²) >= 11 is 3.66. The molecule has 0 amide bonds. The van der Waals surface area contributed by atoms with Crippen molar-refractivity contribution in [2.75, 3.05) is 0 Å². The van der Waals surface area contributed by atoms with E-state index in [-0.39, 0.29) is 0 Å². The summed E-state index contributed by atoms with van der Waals surface area (Å²) in [6.45, 7) is 9.01. The van der Waals surface area contributed by atoms with Crippen LogP contribution in [0.15, 0.2) is 16.6 Å². The van der Waals surface area contributed by atoms with Crippen molar-refractivity contribution in [1.82, 2.24) is 0 Å². The molecule has 0 nitrogen and oxygen atoms in total. The first kappa shape index (κ1) is 12.8. The molecule has 0 saturated carbocycles. The van der Waals surface area contributed by atoms with Gasteiger partial charge >= 0.3 is 0 Å². The van der Waals surface area contributed by atoms with Crippen molar-refractivity contribution in [2.45, 2.75) is 47.0 Å². The van der Waals surface area contributed by atoms with Crippen molar-refractivity contribution in [2.24, 2.45) is 5.92 Å². The molecule has 0 atom stereocenters. The lowest BCUT2D eigenvalue weighted by molar-refractivity contribution is 0.642. The Morgan fingerprint density at radius 2 is 1.60 bits per heavy atom. The van der Waals surface area contributed by atoms with Gasteiger partial charge in [-0.05, 0) is 47.9 Å². The van der Waals surface area contributed by atoms with Crippen LogP contribution in [-0.4, -0.2) is 0 Å². The monoisotopic (exact) mass is 268 g/mol. The Morgan fingerprint density at radius 3 is 2.07 bits per heavy atom. The minimum Gasteiger partial charge on any atom is -0.0625 e. The molecular weight excluding hydrogens is 248 g/mol. The summed E-state index contributed by atoms with van der Waals surface area (Å²) in [4.78, 5) is 0. The Balaban J connectivity index is 3.09. The molecule has 0 aromatic heterocycles. The van der Waals surface area contributed by atoms with Gasteiger partial charge in [0.05, 0.1) is 0 Å². The molecule has 0 bridgehead atoms. The van der Waals surface area contributed by atoms with E-state index in [2.05, 4.69) is 55.8 Å². The molecule has 0 aliphatic heterocycles. The molecule has 0 fully saturated rings. The van der Waals surface area contributed by atoms with E-state index < -0.39 is 0 Å². The maximum Gasteiger partial charge on any atom is 0.0210 e. The fourth-order valence-electron chi connectivity index (χ4n) is 1.94. The summed E-state index contributed by atoms with van der Waals surface area (Å²) in [7, 11) is 0. The zero-order chi connectivity index (χ0) is 11.4. The van der Waals surface area contributed by atoms with Gasteiger partial charge in [0.2, 0.25) is 0 Å². The Morgan fingerprint density at radius 1 is 1.00 bits per heavy atom. The second kappa shape index (κ2) is 5.69. The van der Waals surface area contributed by atoms with Gasteiger partial charge in [0.25, 0.3) is 0 Å². The van der Waals surface area contributed by atoms with E-state index in [9.17, 15) is 0 Å².